The molecule has 0 spiro atoms. The van der Waals surface area contributed by atoms with Crippen molar-refractivity contribution in [3.8, 4) is 0 Å². The van der Waals surface area contributed by atoms with Gasteiger partial charge in [0.05, 0.1) is 12.0 Å². The van der Waals surface area contributed by atoms with Crippen LogP contribution in [0.1, 0.15) is 24.8 Å². The number of nitrogens with zero attached hydrogens (tertiary/aromatic N) is 3. The normalized spacial score (nSPS) is 29.0. The number of rotatable bonds is 5. The molecule has 1 aromatic rings. The van der Waals surface area contributed by atoms with Gasteiger partial charge in [-0.1, -0.05) is 36.8 Å². The van der Waals surface area contributed by atoms with Crippen molar-refractivity contribution in [2.24, 2.45) is 11.3 Å². The number of piperazine rings is 1. The Bertz CT molecular complexity index is 687. The van der Waals surface area contributed by atoms with Crippen LogP contribution in [-0.4, -0.2) is 77.5 Å². The van der Waals surface area contributed by atoms with Gasteiger partial charge in [0.2, 0.25) is 5.91 Å². The van der Waals surface area contributed by atoms with Crippen LogP contribution in [0.3, 0.4) is 0 Å². The first kappa shape index (κ1) is 18.4. The van der Waals surface area contributed by atoms with E-state index in [4.69, 9.17) is 0 Å². The highest BCUT2D eigenvalue weighted by atomic mass is 16.4. The van der Waals surface area contributed by atoms with E-state index in [2.05, 4.69) is 34.1 Å². The van der Waals surface area contributed by atoms with Crippen molar-refractivity contribution in [1.29, 1.82) is 0 Å². The molecule has 0 aromatic heterocycles. The lowest BCUT2D eigenvalue weighted by Crippen LogP contribution is -2.49. The third-order valence-electron chi connectivity index (χ3n) is 6.72. The minimum Gasteiger partial charge on any atom is -0.481 e. The van der Waals surface area contributed by atoms with Gasteiger partial charge in [-0.25, -0.2) is 0 Å². The molecule has 4 rings (SSSR count). The first-order valence-electron chi connectivity index (χ1n) is 10.1. The van der Waals surface area contributed by atoms with Gasteiger partial charge in [-0.15, -0.1) is 0 Å². The molecule has 1 amide bonds. The van der Waals surface area contributed by atoms with Crippen LogP contribution in [0.5, 0.6) is 0 Å². The van der Waals surface area contributed by atoms with E-state index < -0.39 is 11.4 Å². The molecule has 2 atom stereocenters. The summed E-state index contributed by atoms with van der Waals surface area (Å²) < 4.78 is 0. The Balaban J connectivity index is 1.26. The molecule has 2 heterocycles. The van der Waals surface area contributed by atoms with Gasteiger partial charge in [-0.3, -0.25) is 19.4 Å². The molecule has 1 N–H and O–H groups in total. The lowest BCUT2D eigenvalue weighted by atomic mass is 9.81. The fourth-order valence-corrected chi connectivity index (χ4v) is 5.07. The van der Waals surface area contributed by atoms with E-state index in [-0.39, 0.29) is 11.8 Å². The van der Waals surface area contributed by atoms with Gasteiger partial charge in [0, 0.05) is 45.8 Å². The van der Waals surface area contributed by atoms with Crippen molar-refractivity contribution in [3.63, 3.8) is 0 Å². The predicted octanol–water partition coefficient (Wildman–Crippen LogP) is 1.52. The Labute approximate surface area is 160 Å². The van der Waals surface area contributed by atoms with E-state index in [1.165, 1.54) is 5.56 Å². The Hall–Kier alpha value is -1.92. The highest BCUT2D eigenvalue weighted by Crippen LogP contribution is 2.48. The van der Waals surface area contributed by atoms with Crippen molar-refractivity contribution in [2.75, 3.05) is 45.8 Å². The van der Waals surface area contributed by atoms with Crippen LogP contribution in [0.15, 0.2) is 30.3 Å². The fraction of sp³-hybridized carbons (Fsp3) is 0.619. The number of fused-ring (bicyclic) bond motifs is 1. The van der Waals surface area contributed by atoms with Gasteiger partial charge < -0.3 is 10.0 Å². The summed E-state index contributed by atoms with van der Waals surface area (Å²) in [6.07, 6.45) is 2.63. The predicted molar refractivity (Wildman–Crippen MR) is 102 cm³/mol. The summed E-state index contributed by atoms with van der Waals surface area (Å²) in [5, 5.41) is 9.69. The number of carbonyl (C=O) groups is 2. The quantitative estimate of drug-likeness (QED) is 0.850. The second-order valence-electron chi connectivity index (χ2n) is 8.36. The van der Waals surface area contributed by atoms with E-state index in [1.807, 2.05) is 11.0 Å². The minimum atomic E-state index is -0.713. The third-order valence-corrected chi connectivity index (χ3v) is 6.72. The van der Waals surface area contributed by atoms with Crippen molar-refractivity contribution in [1.82, 2.24) is 14.7 Å². The molecular weight excluding hydrogens is 342 g/mol. The van der Waals surface area contributed by atoms with Crippen molar-refractivity contribution in [2.45, 2.75) is 25.8 Å². The number of benzene rings is 1. The average Bonchev–Trinajstić information content (AvgIpc) is 3.23. The number of hydrogen-bond acceptors (Lipinski definition) is 4. The van der Waals surface area contributed by atoms with Gasteiger partial charge in [-0.05, 0) is 24.3 Å². The van der Waals surface area contributed by atoms with E-state index in [1.54, 1.807) is 0 Å². The van der Waals surface area contributed by atoms with Crippen molar-refractivity contribution >= 4 is 11.9 Å². The summed E-state index contributed by atoms with van der Waals surface area (Å²) in [5.41, 5.74) is 0.647. The molecule has 3 aliphatic rings. The van der Waals surface area contributed by atoms with E-state index in [0.29, 0.717) is 19.6 Å². The minimum absolute atomic E-state index is 0.0986. The molecule has 1 saturated carbocycles. The zero-order valence-corrected chi connectivity index (χ0v) is 15.8. The van der Waals surface area contributed by atoms with Gasteiger partial charge in [0.25, 0.3) is 0 Å². The molecule has 2 aliphatic heterocycles. The number of hydrogen-bond donors (Lipinski definition) is 1. The molecule has 6 nitrogen and oxygen atoms in total. The molecule has 146 valence electrons. The van der Waals surface area contributed by atoms with Gasteiger partial charge >= 0.3 is 5.97 Å². The maximum Gasteiger partial charge on any atom is 0.311 e. The number of likely N-dealkylation sites (tertiary alicyclic amines) is 1. The number of carboxylic acid groups (broad SMARTS) is 1. The number of carbonyl (C=O) groups excluding carboxylic acids is 1. The van der Waals surface area contributed by atoms with Crippen LogP contribution >= 0.6 is 0 Å². The summed E-state index contributed by atoms with van der Waals surface area (Å²) in [6, 6.07) is 10.5. The number of carboxylic acids is 1. The van der Waals surface area contributed by atoms with Crippen molar-refractivity contribution < 1.29 is 14.7 Å². The van der Waals surface area contributed by atoms with Gasteiger partial charge in [0.1, 0.15) is 0 Å². The smallest absolute Gasteiger partial charge is 0.311 e. The van der Waals surface area contributed by atoms with E-state index in [0.717, 1.165) is 52.0 Å². The van der Waals surface area contributed by atoms with Crippen LogP contribution < -0.4 is 0 Å². The standard InChI is InChI=1S/C21H29N3O3/c25-19(24-14-18-7-4-8-21(18,16-24)20(26)27)15-23-11-9-22(10-12-23)13-17-5-2-1-3-6-17/h1-3,5-6,18H,4,7-16H2,(H,26,27)/t18-,21+/m0/s1. The molecule has 2 saturated heterocycles. The van der Waals surface area contributed by atoms with E-state index >= 15 is 0 Å². The second kappa shape index (κ2) is 7.60. The summed E-state index contributed by atoms with van der Waals surface area (Å²) in [4.78, 5) is 31.0. The summed E-state index contributed by atoms with van der Waals surface area (Å²) in [7, 11) is 0. The Morgan fingerprint density at radius 1 is 1.07 bits per heavy atom. The lowest BCUT2D eigenvalue weighted by Gasteiger charge is -2.35. The highest BCUT2D eigenvalue weighted by Gasteiger charge is 2.55. The average molecular weight is 371 g/mol. The molecule has 0 radical (unpaired) electrons. The summed E-state index contributed by atoms with van der Waals surface area (Å²) in [5.74, 6) is -0.474. The Morgan fingerprint density at radius 3 is 2.44 bits per heavy atom. The topological polar surface area (TPSA) is 64.1 Å². The van der Waals surface area contributed by atoms with Gasteiger partial charge in [0.15, 0.2) is 0 Å². The van der Waals surface area contributed by atoms with Crippen LogP contribution in [0.4, 0.5) is 0 Å². The highest BCUT2D eigenvalue weighted by molar-refractivity contribution is 5.82. The number of amides is 1. The molecule has 3 fully saturated rings. The van der Waals surface area contributed by atoms with Crippen LogP contribution in [0.2, 0.25) is 0 Å². The van der Waals surface area contributed by atoms with Crippen LogP contribution in [0.25, 0.3) is 0 Å². The molecular formula is C21H29N3O3. The molecule has 6 heteroatoms. The van der Waals surface area contributed by atoms with Crippen LogP contribution in [0, 0.1) is 11.3 Å². The zero-order valence-electron chi connectivity index (χ0n) is 15.8. The zero-order chi connectivity index (χ0) is 18.9. The van der Waals surface area contributed by atoms with Gasteiger partial charge in [-0.2, -0.15) is 0 Å². The van der Waals surface area contributed by atoms with Crippen LogP contribution in [-0.2, 0) is 16.1 Å². The van der Waals surface area contributed by atoms with Crippen molar-refractivity contribution in [3.05, 3.63) is 35.9 Å². The molecule has 0 unspecified atom stereocenters. The Morgan fingerprint density at radius 2 is 1.78 bits per heavy atom. The second-order valence-corrected chi connectivity index (χ2v) is 8.36. The summed E-state index contributed by atoms with van der Waals surface area (Å²) in [6.45, 7) is 6.10. The van der Waals surface area contributed by atoms with E-state index in [9.17, 15) is 14.7 Å². The first-order chi connectivity index (χ1) is 13.1. The molecule has 0 bridgehead atoms. The number of aliphatic carboxylic acids is 1. The summed E-state index contributed by atoms with van der Waals surface area (Å²) >= 11 is 0. The fourth-order valence-electron chi connectivity index (χ4n) is 5.07. The SMILES string of the molecule is O=C(CN1CCN(Cc2ccccc2)CC1)N1C[C@@H]2CCC[C@@]2(C(=O)O)C1. The first-order valence-corrected chi connectivity index (χ1v) is 10.1. The maximum absolute atomic E-state index is 12.8. The molecule has 1 aliphatic carbocycles. The monoisotopic (exact) mass is 371 g/mol. The molecule has 27 heavy (non-hydrogen) atoms. The largest absolute Gasteiger partial charge is 0.481 e. The lowest BCUT2D eigenvalue weighted by molar-refractivity contribution is -0.149. The molecule has 1 aromatic carbocycles. The third kappa shape index (κ3) is 3.73. The Kier molecular flexibility index (Phi) is 5.19. The maximum atomic E-state index is 12.8.